The molecule has 1 unspecified atom stereocenters. The Hall–Kier alpha value is -0.750. The predicted molar refractivity (Wildman–Crippen MR) is 62.9 cm³/mol. The van der Waals surface area contributed by atoms with Crippen LogP contribution in [0.3, 0.4) is 0 Å². The molecular weight excluding hydrogens is 244 g/mol. The van der Waals surface area contributed by atoms with Crippen LogP contribution in [0.1, 0.15) is 39.0 Å². The number of carbonyl (C=O) groups is 1. The molecule has 1 aliphatic carbocycles. The summed E-state index contributed by atoms with van der Waals surface area (Å²) < 4.78 is 28.3. The number of carboxylic acids is 1. The predicted octanol–water partition coefficient (Wildman–Crippen LogP) is 2.03. The highest BCUT2D eigenvalue weighted by Gasteiger charge is 2.37. The molecule has 1 aliphatic rings. The first-order valence-corrected chi connectivity index (χ1v) is 6.31. The molecule has 0 heterocycles. The van der Waals surface area contributed by atoms with Crippen molar-refractivity contribution in [1.82, 2.24) is 5.32 Å². The second-order valence-corrected chi connectivity index (χ2v) is 4.98. The summed E-state index contributed by atoms with van der Waals surface area (Å²) in [5.41, 5.74) is -0.913. The standard InChI is InChI=1S/C12H21F2NO3/c1-12(11(16)17,15-9-4-5-9)6-2-3-7-18-8-10(13)14/h9-10,15H,2-8H2,1H3,(H,16,17). The summed E-state index contributed by atoms with van der Waals surface area (Å²) >= 11 is 0. The maximum atomic E-state index is 11.8. The van der Waals surface area contributed by atoms with Gasteiger partial charge < -0.3 is 9.84 Å². The maximum Gasteiger partial charge on any atom is 0.323 e. The van der Waals surface area contributed by atoms with E-state index in [0.29, 0.717) is 25.3 Å². The summed E-state index contributed by atoms with van der Waals surface area (Å²) in [6.07, 6.45) is 1.34. The van der Waals surface area contributed by atoms with Crippen molar-refractivity contribution in [1.29, 1.82) is 0 Å². The van der Waals surface area contributed by atoms with Gasteiger partial charge in [-0.2, -0.15) is 0 Å². The number of ether oxygens (including phenoxy) is 1. The maximum absolute atomic E-state index is 11.8. The van der Waals surface area contributed by atoms with Crippen molar-refractivity contribution in [3.05, 3.63) is 0 Å². The SMILES string of the molecule is CC(CCCCOCC(F)F)(NC1CC1)C(=O)O. The highest BCUT2D eigenvalue weighted by molar-refractivity contribution is 5.78. The van der Waals surface area contributed by atoms with Crippen molar-refractivity contribution in [3.63, 3.8) is 0 Å². The molecule has 18 heavy (non-hydrogen) atoms. The lowest BCUT2D eigenvalue weighted by Crippen LogP contribution is -2.50. The number of hydrogen-bond donors (Lipinski definition) is 2. The van der Waals surface area contributed by atoms with Gasteiger partial charge in [0.15, 0.2) is 0 Å². The molecule has 106 valence electrons. The fraction of sp³-hybridized carbons (Fsp3) is 0.917. The molecule has 0 saturated heterocycles. The smallest absolute Gasteiger partial charge is 0.323 e. The molecule has 0 aliphatic heterocycles. The third-order valence-electron chi connectivity index (χ3n) is 3.03. The van der Waals surface area contributed by atoms with Crippen molar-refractivity contribution >= 4 is 5.97 Å². The lowest BCUT2D eigenvalue weighted by molar-refractivity contribution is -0.144. The van der Waals surface area contributed by atoms with Crippen molar-refractivity contribution in [2.75, 3.05) is 13.2 Å². The molecule has 2 N–H and O–H groups in total. The molecule has 0 aromatic rings. The number of nitrogens with one attached hydrogen (secondary N) is 1. The minimum Gasteiger partial charge on any atom is -0.480 e. The molecule has 6 heteroatoms. The van der Waals surface area contributed by atoms with E-state index in [0.717, 1.165) is 12.8 Å². The van der Waals surface area contributed by atoms with Gasteiger partial charge in [-0.15, -0.1) is 0 Å². The van der Waals surface area contributed by atoms with E-state index >= 15 is 0 Å². The van der Waals surface area contributed by atoms with Crippen LogP contribution in [0.5, 0.6) is 0 Å². The van der Waals surface area contributed by atoms with Gasteiger partial charge in [-0.1, -0.05) is 0 Å². The summed E-state index contributed by atoms with van der Waals surface area (Å²) in [5, 5.41) is 12.3. The number of carboxylic acid groups (broad SMARTS) is 1. The topological polar surface area (TPSA) is 58.6 Å². The minimum absolute atomic E-state index is 0.253. The van der Waals surface area contributed by atoms with E-state index in [-0.39, 0.29) is 6.61 Å². The lowest BCUT2D eigenvalue weighted by Gasteiger charge is -2.26. The first kappa shape index (κ1) is 15.3. The lowest BCUT2D eigenvalue weighted by atomic mass is 9.95. The van der Waals surface area contributed by atoms with Gasteiger partial charge in [0.1, 0.15) is 12.1 Å². The fourth-order valence-electron chi connectivity index (χ4n) is 1.77. The monoisotopic (exact) mass is 265 g/mol. The molecule has 0 aromatic carbocycles. The zero-order chi connectivity index (χ0) is 13.6. The Balaban J connectivity index is 2.15. The van der Waals surface area contributed by atoms with E-state index in [2.05, 4.69) is 5.32 Å². The average Bonchev–Trinajstić information content (AvgIpc) is 3.06. The number of alkyl halides is 2. The van der Waals surface area contributed by atoms with Gasteiger partial charge in [0.2, 0.25) is 0 Å². The second-order valence-electron chi connectivity index (χ2n) is 4.98. The third-order valence-corrected chi connectivity index (χ3v) is 3.03. The van der Waals surface area contributed by atoms with E-state index in [1.165, 1.54) is 0 Å². The van der Waals surface area contributed by atoms with Crippen LogP contribution < -0.4 is 5.32 Å². The Bertz CT molecular complexity index is 272. The second kappa shape index (κ2) is 6.99. The van der Waals surface area contributed by atoms with E-state index < -0.39 is 24.5 Å². The molecule has 0 radical (unpaired) electrons. The van der Waals surface area contributed by atoms with E-state index in [4.69, 9.17) is 4.74 Å². The highest BCUT2D eigenvalue weighted by Crippen LogP contribution is 2.25. The van der Waals surface area contributed by atoms with E-state index in [1.54, 1.807) is 6.92 Å². The largest absolute Gasteiger partial charge is 0.480 e. The van der Waals surface area contributed by atoms with Crippen LogP contribution >= 0.6 is 0 Å². The van der Waals surface area contributed by atoms with Gasteiger partial charge >= 0.3 is 5.97 Å². The van der Waals surface area contributed by atoms with Crippen molar-refractivity contribution in [3.8, 4) is 0 Å². The average molecular weight is 265 g/mol. The van der Waals surface area contributed by atoms with Crippen LogP contribution in [0.2, 0.25) is 0 Å². The Morgan fingerprint density at radius 2 is 2.17 bits per heavy atom. The summed E-state index contributed by atoms with van der Waals surface area (Å²) in [6, 6.07) is 0.321. The first-order valence-electron chi connectivity index (χ1n) is 6.31. The first-order chi connectivity index (χ1) is 8.44. The number of rotatable bonds is 10. The molecule has 0 aromatic heterocycles. The minimum atomic E-state index is -2.44. The number of halogens is 2. The molecular formula is C12H21F2NO3. The zero-order valence-electron chi connectivity index (χ0n) is 10.6. The van der Waals surface area contributed by atoms with Gasteiger partial charge in [-0.25, -0.2) is 8.78 Å². The fourth-order valence-corrected chi connectivity index (χ4v) is 1.77. The Labute approximate surface area is 106 Å². The molecule has 0 bridgehead atoms. The number of hydrogen-bond acceptors (Lipinski definition) is 3. The van der Waals surface area contributed by atoms with Crippen LogP contribution in [0.15, 0.2) is 0 Å². The summed E-state index contributed by atoms with van der Waals surface area (Å²) in [5.74, 6) is -0.858. The zero-order valence-corrected chi connectivity index (χ0v) is 10.6. The molecule has 1 atom stereocenters. The third kappa shape index (κ3) is 5.73. The van der Waals surface area contributed by atoms with Gasteiger partial charge in [0.25, 0.3) is 6.43 Å². The normalized spacial score (nSPS) is 18.9. The Kier molecular flexibility index (Phi) is 5.95. The summed E-state index contributed by atoms with van der Waals surface area (Å²) in [6.45, 7) is 1.38. The van der Waals surface area contributed by atoms with Gasteiger partial charge in [0, 0.05) is 12.6 Å². The van der Waals surface area contributed by atoms with Crippen LogP contribution in [-0.4, -0.2) is 42.3 Å². The van der Waals surface area contributed by atoms with E-state index in [9.17, 15) is 18.7 Å². The van der Waals surface area contributed by atoms with Gasteiger partial charge in [-0.3, -0.25) is 10.1 Å². The molecule has 4 nitrogen and oxygen atoms in total. The van der Waals surface area contributed by atoms with E-state index in [1.807, 2.05) is 0 Å². The van der Waals surface area contributed by atoms with Crippen LogP contribution in [0.4, 0.5) is 8.78 Å². The van der Waals surface area contributed by atoms with Crippen LogP contribution in [0, 0.1) is 0 Å². The summed E-state index contributed by atoms with van der Waals surface area (Å²) in [4.78, 5) is 11.2. The summed E-state index contributed by atoms with van der Waals surface area (Å²) in [7, 11) is 0. The molecule has 1 fully saturated rings. The van der Waals surface area contributed by atoms with Crippen molar-refractivity contribution < 1.29 is 23.4 Å². The Morgan fingerprint density at radius 3 is 2.67 bits per heavy atom. The molecule has 0 spiro atoms. The number of unbranched alkanes of at least 4 members (excludes halogenated alkanes) is 1. The molecule has 1 rings (SSSR count). The highest BCUT2D eigenvalue weighted by atomic mass is 19.3. The van der Waals surface area contributed by atoms with Gasteiger partial charge in [-0.05, 0) is 39.0 Å². The van der Waals surface area contributed by atoms with Gasteiger partial charge in [0.05, 0.1) is 0 Å². The van der Waals surface area contributed by atoms with Crippen LogP contribution in [0.25, 0.3) is 0 Å². The van der Waals surface area contributed by atoms with Crippen LogP contribution in [-0.2, 0) is 9.53 Å². The molecule has 1 saturated carbocycles. The van der Waals surface area contributed by atoms with Crippen molar-refractivity contribution in [2.24, 2.45) is 0 Å². The molecule has 0 amide bonds. The van der Waals surface area contributed by atoms with Crippen molar-refractivity contribution in [2.45, 2.75) is 57.0 Å². The quantitative estimate of drug-likeness (QED) is 0.593. The Morgan fingerprint density at radius 1 is 1.50 bits per heavy atom. The number of aliphatic carboxylic acids is 1.